The number of rotatable bonds is 2. The number of carbonyl (C=O) groups is 1. The molecule has 0 aliphatic carbocycles. The van der Waals surface area contributed by atoms with Gasteiger partial charge in [0.25, 0.3) is 5.91 Å². The normalized spacial score (nSPS) is 10.8. The summed E-state index contributed by atoms with van der Waals surface area (Å²) in [5.74, 6) is -2.59. The van der Waals surface area contributed by atoms with E-state index in [0.29, 0.717) is 5.13 Å². The van der Waals surface area contributed by atoms with Gasteiger partial charge in [-0.05, 0) is 46.3 Å². The molecule has 0 atom stereocenters. The topological polar surface area (TPSA) is 42.0 Å². The summed E-state index contributed by atoms with van der Waals surface area (Å²) in [5.41, 5.74) is 0.773. The van der Waals surface area contributed by atoms with Crippen molar-refractivity contribution in [2.24, 2.45) is 0 Å². The second kappa shape index (κ2) is 5.50. The van der Waals surface area contributed by atoms with E-state index in [9.17, 15) is 13.6 Å². The van der Waals surface area contributed by atoms with Gasteiger partial charge >= 0.3 is 0 Å². The molecule has 0 saturated heterocycles. The molecule has 1 N–H and O–H groups in total. The number of benzene rings is 2. The SMILES string of the molecule is O=C(Nc1nc2c(Br)cccc2s1)c1ccc(F)c(F)c1. The first-order valence-electron chi connectivity index (χ1n) is 5.86. The Labute approximate surface area is 130 Å². The Kier molecular flexibility index (Phi) is 3.69. The lowest BCUT2D eigenvalue weighted by Crippen LogP contribution is -2.12. The van der Waals surface area contributed by atoms with Gasteiger partial charge in [0.2, 0.25) is 0 Å². The standard InChI is InChI=1S/C14H7BrF2N2OS/c15-8-2-1-3-11-12(8)18-14(21-11)19-13(20)7-4-5-9(16)10(17)6-7/h1-6H,(H,18,19,20). The first-order chi connectivity index (χ1) is 10.0. The summed E-state index contributed by atoms with van der Waals surface area (Å²) < 4.78 is 27.7. The Morgan fingerprint density at radius 3 is 2.71 bits per heavy atom. The van der Waals surface area contributed by atoms with Crippen molar-refractivity contribution in [1.29, 1.82) is 0 Å². The van der Waals surface area contributed by atoms with Crippen LogP contribution in [0.1, 0.15) is 10.4 Å². The van der Waals surface area contributed by atoms with Crippen LogP contribution in [0.15, 0.2) is 40.9 Å². The zero-order chi connectivity index (χ0) is 15.0. The zero-order valence-corrected chi connectivity index (χ0v) is 12.8. The number of nitrogens with zero attached hydrogens (tertiary/aromatic N) is 1. The van der Waals surface area contributed by atoms with Gasteiger partial charge in [-0.1, -0.05) is 17.4 Å². The number of amides is 1. The highest BCUT2D eigenvalue weighted by molar-refractivity contribution is 9.10. The van der Waals surface area contributed by atoms with Crippen LogP contribution in [0.5, 0.6) is 0 Å². The number of fused-ring (bicyclic) bond motifs is 1. The number of para-hydroxylation sites is 1. The fraction of sp³-hybridized carbons (Fsp3) is 0. The van der Waals surface area contributed by atoms with Crippen LogP contribution >= 0.6 is 27.3 Å². The molecule has 0 aliphatic heterocycles. The molecule has 3 rings (SSSR count). The minimum Gasteiger partial charge on any atom is -0.298 e. The first kappa shape index (κ1) is 14.1. The number of aromatic nitrogens is 1. The number of carbonyl (C=O) groups excluding carboxylic acids is 1. The number of halogens is 3. The molecule has 0 unspecified atom stereocenters. The van der Waals surface area contributed by atoms with Crippen LogP contribution < -0.4 is 5.32 Å². The Hall–Kier alpha value is -1.86. The Morgan fingerprint density at radius 2 is 2.00 bits per heavy atom. The Bertz CT molecular complexity index is 850. The Balaban J connectivity index is 1.89. The van der Waals surface area contributed by atoms with E-state index < -0.39 is 17.5 Å². The van der Waals surface area contributed by atoms with Gasteiger partial charge in [0.05, 0.1) is 10.2 Å². The summed E-state index contributed by atoms with van der Waals surface area (Å²) in [6.45, 7) is 0. The maximum Gasteiger partial charge on any atom is 0.257 e. The molecular weight excluding hydrogens is 362 g/mol. The van der Waals surface area contributed by atoms with E-state index in [1.54, 1.807) is 0 Å². The zero-order valence-electron chi connectivity index (χ0n) is 10.4. The summed E-state index contributed by atoms with van der Waals surface area (Å²) in [4.78, 5) is 16.3. The van der Waals surface area contributed by atoms with Crippen LogP contribution in [0, 0.1) is 11.6 Å². The van der Waals surface area contributed by atoms with Crippen molar-refractivity contribution in [3.05, 3.63) is 58.1 Å². The minimum atomic E-state index is -1.06. The molecule has 1 amide bonds. The highest BCUT2D eigenvalue weighted by Gasteiger charge is 2.13. The van der Waals surface area contributed by atoms with Crippen molar-refractivity contribution in [1.82, 2.24) is 4.98 Å². The second-order valence-electron chi connectivity index (χ2n) is 4.19. The van der Waals surface area contributed by atoms with Gasteiger partial charge in [-0.3, -0.25) is 10.1 Å². The minimum absolute atomic E-state index is 0.0345. The van der Waals surface area contributed by atoms with Gasteiger partial charge in [0.1, 0.15) is 0 Å². The van der Waals surface area contributed by atoms with E-state index in [-0.39, 0.29) is 5.56 Å². The molecule has 0 aliphatic rings. The molecule has 0 bridgehead atoms. The summed E-state index contributed by atoms with van der Waals surface area (Å²) in [7, 11) is 0. The third-order valence-electron chi connectivity index (χ3n) is 2.77. The molecule has 3 nitrogen and oxygen atoms in total. The maximum atomic E-state index is 13.1. The van der Waals surface area contributed by atoms with Crippen LogP contribution in [0.3, 0.4) is 0 Å². The molecule has 2 aromatic carbocycles. The van der Waals surface area contributed by atoms with Crippen molar-refractivity contribution in [3.8, 4) is 0 Å². The monoisotopic (exact) mass is 368 g/mol. The number of thiazole rings is 1. The summed E-state index contributed by atoms with van der Waals surface area (Å²) >= 11 is 4.68. The maximum absolute atomic E-state index is 13.1. The number of hydrogen-bond donors (Lipinski definition) is 1. The number of anilines is 1. The second-order valence-corrected chi connectivity index (χ2v) is 6.07. The fourth-order valence-electron chi connectivity index (χ4n) is 1.78. The van der Waals surface area contributed by atoms with E-state index in [1.807, 2.05) is 18.2 Å². The number of nitrogens with one attached hydrogen (secondary N) is 1. The molecule has 106 valence electrons. The predicted molar refractivity (Wildman–Crippen MR) is 81.6 cm³/mol. The van der Waals surface area contributed by atoms with Crippen molar-refractivity contribution >= 4 is 48.5 Å². The molecular formula is C14H7BrF2N2OS. The third kappa shape index (κ3) is 2.79. The van der Waals surface area contributed by atoms with E-state index >= 15 is 0 Å². The summed E-state index contributed by atoms with van der Waals surface area (Å²) in [6.07, 6.45) is 0. The largest absolute Gasteiger partial charge is 0.298 e. The molecule has 3 aromatic rings. The third-order valence-corrected chi connectivity index (χ3v) is 4.35. The van der Waals surface area contributed by atoms with Gasteiger partial charge in [0.15, 0.2) is 16.8 Å². The predicted octanol–water partition coefficient (Wildman–Crippen LogP) is 4.59. The lowest BCUT2D eigenvalue weighted by atomic mass is 10.2. The first-order valence-corrected chi connectivity index (χ1v) is 7.47. The summed E-state index contributed by atoms with van der Waals surface area (Å²) in [6, 6.07) is 8.59. The van der Waals surface area contributed by atoms with Crippen LogP contribution in [-0.4, -0.2) is 10.9 Å². The van der Waals surface area contributed by atoms with Gasteiger partial charge in [0, 0.05) is 10.0 Å². The van der Waals surface area contributed by atoms with E-state index in [4.69, 9.17) is 0 Å². The molecule has 21 heavy (non-hydrogen) atoms. The van der Waals surface area contributed by atoms with Crippen LogP contribution in [-0.2, 0) is 0 Å². The van der Waals surface area contributed by atoms with E-state index in [2.05, 4.69) is 26.2 Å². The molecule has 0 saturated carbocycles. The van der Waals surface area contributed by atoms with Crippen LogP contribution in [0.25, 0.3) is 10.2 Å². The van der Waals surface area contributed by atoms with Gasteiger partial charge in [-0.25, -0.2) is 13.8 Å². The highest BCUT2D eigenvalue weighted by Crippen LogP contribution is 2.31. The van der Waals surface area contributed by atoms with Crippen LogP contribution in [0.2, 0.25) is 0 Å². The molecule has 1 heterocycles. The molecule has 1 aromatic heterocycles. The van der Waals surface area contributed by atoms with Gasteiger partial charge in [-0.15, -0.1) is 0 Å². The lowest BCUT2D eigenvalue weighted by molar-refractivity contribution is 0.102. The van der Waals surface area contributed by atoms with Crippen molar-refractivity contribution < 1.29 is 13.6 Å². The van der Waals surface area contributed by atoms with Gasteiger partial charge < -0.3 is 0 Å². The molecule has 0 fully saturated rings. The van der Waals surface area contributed by atoms with Crippen molar-refractivity contribution in [3.63, 3.8) is 0 Å². The van der Waals surface area contributed by atoms with Crippen LogP contribution in [0.4, 0.5) is 13.9 Å². The molecule has 7 heteroatoms. The Morgan fingerprint density at radius 1 is 1.19 bits per heavy atom. The lowest BCUT2D eigenvalue weighted by Gasteiger charge is -2.01. The summed E-state index contributed by atoms with van der Waals surface area (Å²) in [5, 5.41) is 2.98. The highest BCUT2D eigenvalue weighted by atomic mass is 79.9. The molecule has 0 spiro atoms. The van der Waals surface area contributed by atoms with Crippen molar-refractivity contribution in [2.45, 2.75) is 0 Å². The van der Waals surface area contributed by atoms with Gasteiger partial charge in [-0.2, -0.15) is 0 Å². The average molecular weight is 369 g/mol. The average Bonchev–Trinajstić information content (AvgIpc) is 2.86. The van der Waals surface area contributed by atoms with Crippen molar-refractivity contribution in [2.75, 3.05) is 5.32 Å². The smallest absolute Gasteiger partial charge is 0.257 e. The fourth-order valence-corrected chi connectivity index (χ4v) is 3.25. The van der Waals surface area contributed by atoms with E-state index in [0.717, 1.165) is 26.8 Å². The number of hydrogen-bond acceptors (Lipinski definition) is 3. The molecule has 0 radical (unpaired) electrons. The quantitative estimate of drug-likeness (QED) is 0.718. The van der Waals surface area contributed by atoms with E-state index in [1.165, 1.54) is 17.4 Å².